The van der Waals surface area contributed by atoms with Crippen LogP contribution in [0, 0.1) is 0 Å². The molecule has 0 radical (unpaired) electrons. The number of hydrogen-bond acceptors (Lipinski definition) is 4. The first-order valence-electron chi connectivity index (χ1n) is 9.35. The summed E-state index contributed by atoms with van der Waals surface area (Å²) in [6.45, 7) is 0. The molecule has 0 aliphatic carbocycles. The maximum Gasteiger partial charge on any atom is 0.416 e. The fraction of sp³-hybridized carbons (Fsp3) is 0.0909. The van der Waals surface area contributed by atoms with Crippen LogP contribution in [-0.2, 0) is 12.4 Å². The first-order chi connectivity index (χ1) is 15.9. The topological polar surface area (TPSA) is 48.8 Å². The molecule has 0 aromatic heterocycles. The summed E-state index contributed by atoms with van der Waals surface area (Å²) in [4.78, 5) is 0. The van der Waals surface area contributed by atoms with Crippen LogP contribution in [0.2, 0.25) is 10.0 Å². The maximum atomic E-state index is 12.8. The molecule has 0 spiro atoms. The van der Waals surface area contributed by atoms with Gasteiger partial charge in [0.1, 0.15) is 0 Å². The number of rotatable bonds is 6. The van der Waals surface area contributed by atoms with Crippen molar-refractivity contribution < 1.29 is 26.3 Å². The van der Waals surface area contributed by atoms with Crippen molar-refractivity contribution in [3.8, 4) is 0 Å². The van der Waals surface area contributed by atoms with Crippen LogP contribution in [-0.4, -0.2) is 12.4 Å². The van der Waals surface area contributed by atoms with Crippen molar-refractivity contribution in [2.24, 2.45) is 10.2 Å². The molecule has 0 fully saturated rings. The Morgan fingerprint density at radius 2 is 0.941 bits per heavy atom. The van der Waals surface area contributed by atoms with Crippen LogP contribution in [0.3, 0.4) is 0 Å². The Bertz CT molecular complexity index is 1110. The number of alkyl halides is 6. The van der Waals surface area contributed by atoms with Gasteiger partial charge in [-0.3, -0.25) is 10.9 Å². The van der Waals surface area contributed by atoms with Crippen LogP contribution in [0.5, 0.6) is 0 Å². The molecule has 3 aromatic rings. The number of nitrogens with one attached hydrogen (secondary N) is 2. The van der Waals surface area contributed by atoms with E-state index < -0.39 is 23.5 Å². The van der Waals surface area contributed by atoms with Gasteiger partial charge in [-0.25, -0.2) is 0 Å². The van der Waals surface area contributed by atoms with Crippen molar-refractivity contribution in [2.45, 2.75) is 12.4 Å². The Balaban J connectivity index is 1.62. The van der Waals surface area contributed by atoms with E-state index in [9.17, 15) is 26.3 Å². The van der Waals surface area contributed by atoms with Gasteiger partial charge < -0.3 is 0 Å². The summed E-state index contributed by atoms with van der Waals surface area (Å²) in [5, 5.41) is 7.92. The molecule has 34 heavy (non-hydrogen) atoms. The number of hydrazone groups is 2. The average molecular weight is 519 g/mol. The lowest BCUT2D eigenvalue weighted by atomic mass is 10.2. The second-order valence-corrected chi connectivity index (χ2v) is 7.61. The minimum Gasteiger partial charge on any atom is -0.277 e. The standard InChI is InChI=1S/C22H14Cl2F6N4/c23-17-7-5-15(21(25,26)27)9-19(17)33-31-11-13-1-2-14(4-3-13)12-32-34-20-10-16(22(28,29)30)6-8-18(20)24/h1-12,33-34H/b31-11+,32-12+. The summed E-state index contributed by atoms with van der Waals surface area (Å²) in [5.74, 6) is 0. The SMILES string of the molecule is FC(F)(F)c1ccc(Cl)c(N/N=C/c2ccc(/C=N/Nc3cc(C(F)(F)F)ccc3Cl)cc2)c1. The average Bonchev–Trinajstić information content (AvgIpc) is 2.76. The smallest absolute Gasteiger partial charge is 0.277 e. The lowest BCUT2D eigenvalue weighted by Gasteiger charge is -2.10. The van der Waals surface area contributed by atoms with E-state index in [1.165, 1.54) is 12.4 Å². The lowest BCUT2D eigenvalue weighted by Crippen LogP contribution is -2.05. The highest BCUT2D eigenvalue weighted by Gasteiger charge is 2.31. The molecule has 3 aromatic carbocycles. The molecular formula is C22H14Cl2F6N4. The van der Waals surface area contributed by atoms with Crippen LogP contribution in [0.4, 0.5) is 37.7 Å². The monoisotopic (exact) mass is 518 g/mol. The Hall–Kier alpha value is -3.24. The summed E-state index contributed by atoms with van der Waals surface area (Å²) in [5.41, 5.74) is 4.43. The van der Waals surface area contributed by atoms with E-state index in [-0.39, 0.29) is 21.4 Å². The van der Waals surface area contributed by atoms with Crippen LogP contribution in [0.1, 0.15) is 22.3 Å². The van der Waals surface area contributed by atoms with Crippen LogP contribution in [0.15, 0.2) is 70.9 Å². The minimum atomic E-state index is -4.51. The number of nitrogens with zero attached hydrogens (tertiary/aromatic N) is 2. The Labute approximate surface area is 199 Å². The van der Waals surface area contributed by atoms with E-state index in [2.05, 4.69) is 21.1 Å². The summed E-state index contributed by atoms with van der Waals surface area (Å²) < 4.78 is 76.9. The molecule has 3 rings (SSSR count). The third kappa shape index (κ3) is 6.88. The quantitative estimate of drug-likeness (QED) is 0.198. The molecule has 2 N–H and O–H groups in total. The zero-order valence-electron chi connectivity index (χ0n) is 16.8. The lowest BCUT2D eigenvalue weighted by molar-refractivity contribution is -0.138. The molecule has 12 heteroatoms. The fourth-order valence-corrected chi connectivity index (χ4v) is 2.92. The molecule has 0 heterocycles. The third-order valence-electron chi connectivity index (χ3n) is 4.32. The van der Waals surface area contributed by atoms with E-state index in [0.717, 1.165) is 36.4 Å². The van der Waals surface area contributed by atoms with Crippen LogP contribution >= 0.6 is 23.2 Å². The largest absolute Gasteiger partial charge is 0.416 e. The van der Waals surface area contributed by atoms with Crippen molar-refractivity contribution in [1.82, 2.24) is 0 Å². The molecule has 0 bridgehead atoms. The van der Waals surface area contributed by atoms with Gasteiger partial charge in [0.25, 0.3) is 0 Å². The predicted octanol–water partition coefficient (Wildman–Crippen LogP) is 7.92. The zero-order valence-corrected chi connectivity index (χ0v) is 18.4. The van der Waals surface area contributed by atoms with Gasteiger partial charge in [-0.2, -0.15) is 36.5 Å². The van der Waals surface area contributed by atoms with Crippen molar-refractivity contribution in [2.75, 3.05) is 10.9 Å². The Morgan fingerprint density at radius 1 is 0.588 bits per heavy atom. The van der Waals surface area contributed by atoms with Gasteiger partial charge >= 0.3 is 12.4 Å². The van der Waals surface area contributed by atoms with Gasteiger partial charge in [-0.15, -0.1) is 0 Å². The minimum absolute atomic E-state index is 0.00387. The highest BCUT2D eigenvalue weighted by atomic mass is 35.5. The van der Waals surface area contributed by atoms with Gasteiger partial charge in [-0.05, 0) is 47.5 Å². The van der Waals surface area contributed by atoms with Gasteiger partial charge in [-0.1, -0.05) is 47.5 Å². The van der Waals surface area contributed by atoms with E-state index in [1.54, 1.807) is 24.3 Å². The maximum absolute atomic E-state index is 12.8. The Kier molecular flexibility index (Phi) is 7.73. The van der Waals surface area contributed by atoms with Crippen LogP contribution in [0.25, 0.3) is 0 Å². The van der Waals surface area contributed by atoms with E-state index >= 15 is 0 Å². The van der Waals surface area contributed by atoms with Gasteiger partial charge in [0, 0.05) is 0 Å². The van der Waals surface area contributed by atoms with Gasteiger partial charge in [0.2, 0.25) is 0 Å². The third-order valence-corrected chi connectivity index (χ3v) is 4.98. The van der Waals surface area contributed by atoms with E-state index in [1.807, 2.05) is 0 Å². The summed E-state index contributed by atoms with van der Waals surface area (Å²) in [6, 6.07) is 12.3. The molecule has 0 saturated heterocycles. The normalized spacial score (nSPS) is 12.5. The molecule has 0 amide bonds. The van der Waals surface area contributed by atoms with E-state index in [0.29, 0.717) is 11.1 Å². The molecule has 178 valence electrons. The molecule has 0 atom stereocenters. The molecule has 0 unspecified atom stereocenters. The highest BCUT2D eigenvalue weighted by molar-refractivity contribution is 6.33. The molecule has 0 saturated carbocycles. The molecule has 0 aliphatic rings. The van der Waals surface area contributed by atoms with Crippen molar-refractivity contribution in [3.63, 3.8) is 0 Å². The fourth-order valence-electron chi connectivity index (χ4n) is 2.60. The first kappa shape index (κ1) is 25.4. The van der Waals surface area contributed by atoms with E-state index in [4.69, 9.17) is 23.2 Å². The van der Waals surface area contributed by atoms with Crippen LogP contribution < -0.4 is 10.9 Å². The number of benzene rings is 3. The second kappa shape index (κ2) is 10.4. The van der Waals surface area contributed by atoms with Crippen molar-refractivity contribution in [1.29, 1.82) is 0 Å². The number of hydrogen-bond donors (Lipinski definition) is 2. The summed E-state index contributed by atoms with van der Waals surface area (Å²) >= 11 is 11.8. The first-order valence-corrected chi connectivity index (χ1v) is 10.1. The van der Waals surface area contributed by atoms with Crippen molar-refractivity contribution in [3.05, 3.63) is 93.0 Å². The molecule has 4 nitrogen and oxygen atoms in total. The highest BCUT2D eigenvalue weighted by Crippen LogP contribution is 2.34. The second-order valence-electron chi connectivity index (χ2n) is 6.79. The predicted molar refractivity (Wildman–Crippen MR) is 122 cm³/mol. The molecular weight excluding hydrogens is 505 g/mol. The van der Waals surface area contributed by atoms with Crippen molar-refractivity contribution >= 4 is 47.0 Å². The molecule has 0 aliphatic heterocycles. The number of anilines is 2. The van der Waals surface area contributed by atoms with Gasteiger partial charge in [0.15, 0.2) is 0 Å². The summed E-state index contributed by atoms with van der Waals surface area (Å²) in [6.07, 6.45) is -6.27. The Morgan fingerprint density at radius 3 is 1.26 bits per heavy atom. The number of halogens is 8. The zero-order chi connectivity index (χ0) is 24.9. The van der Waals surface area contributed by atoms with Gasteiger partial charge in [0.05, 0.1) is 45.0 Å². The summed E-state index contributed by atoms with van der Waals surface area (Å²) in [7, 11) is 0.